The van der Waals surface area contributed by atoms with Crippen LogP contribution in [0, 0.1) is 5.41 Å². The fourth-order valence-corrected chi connectivity index (χ4v) is 0.999. The van der Waals surface area contributed by atoms with Crippen molar-refractivity contribution in [1.82, 2.24) is 0 Å². The highest BCUT2D eigenvalue weighted by molar-refractivity contribution is 5.79. The van der Waals surface area contributed by atoms with E-state index >= 15 is 0 Å². The second-order valence-electron chi connectivity index (χ2n) is 2.49. The standard InChI is InChI=1S/C6H9FO2/c1-2-6(5(8)9)3-4(6)7/h4H,2-3H2,1H3,(H,8,9)/t4-,6-/m1/s1. The van der Waals surface area contributed by atoms with Crippen molar-refractivity contribution in [1.29, 1.82) is 0 Å². The molecule has 0 aliphatic heterocycles. The van der Waals surface area contributed by atoms with Crippen molar-refractivity contribution in [3.8, 4) is 0 Å². The third-order valence-electron chi connectivity index (χ3n) is 2.04. The SMILES string of the molecule is CC[C@@]1(C(=O)O)C[C@H]1F. The van der Waals surface area contributed by atoms with Gasteiger partial charge in [0, 0.05) is 0 Å². The van der Waals surface area contributed by atoms with Crippen molar-refractivity contribution in [3.63, 3.8) is 0 Å². The van der Waals surface area contributed by atoms with Crippen molar-refractivity contribution >= 4 is 5.97 Å². The van der Waals surface area contributed by atoms with E-state index in [1.165, 1.54) is 0 Å². The number of hydrogen-bond donors (Lipinski definition) is 1. The molecule has 0 amide bonds. The van der Waals surface area contributed by atoms with Gasteiger partial charge in [0.25, 0.3) is 0 Å². The quantitative estimate of drug-likeness (QED) is 0.613. The number of carboxylic acid groups (broad SMARTS) is 1. The fraction of sp³-hybridized carbons (Fsp3) is 0.833. The van der Waals surface area contributed by atoms with E-state index in [9.17, 15) is 9.18 Å². The Morgan fingerprint density at radius 2 is 2.44 bits per heavy atom. The van der Waals surface area contributed by atoms with E-state index in [4.69, 9.17) is 5.11 Å². The van der Waals surface area contributed by atoms with Crippen LogP contribution in [0.1, 0.15) is 19.8 Å². The summed E-state index contributed by atoms with van der Waals surface area (Å²) in [5.41, 5.74) is -1.00. The summed E-state index contributed by atoms with van der Waals surface area (Å²) in [6.07, 6.45) is -0.484. The van der Waals surface area contributed by atoms with Gasteiger partial charge in [0.15, 0.2) is 0 Å². The molecule has 0 saturated heterocycles. The third kappa shape index (κ3) is 0.713. The second kappa shape index (κ2) is 1.69. The van der Waals surface area contributed by atoms with Crippen LogP contribution in [0.25, 0.3) is 0 Å². The predicted octanol–water partition coefficient (Wildman–Crippen LogP) is 1.21. The van der Waals surface area contributed by atoms with Gasteiger partial charge in [0.05, 0.1) is 0 Å². The Bertz CT molecular complexity index is 142. The van der Waals surface area contributed by atoms with Crippen LogP contribution in [0.5, 0.6) is 0 Å². The van der Waals surface area contributed by atoms with E-state index in [-0.39, 0.29) is 6.42 Å². The third-order valence-corrected chi connectivity index (χ3v) is 2.04. The first-order valence-electron chi connectivity index (χ1n) is 3.01. The normalized spacial score (nSPS) is 40.4. The molecule has 2 nitrogen and oxygen atoms in total. The smallest absolute Gasteiger partial charge is 0.312 e. The van der Waals surface area contributed by atoms with Gasteiger partial charge in [-0.25, -0.2) is 4.39 Å². The molecule has 9 heavy (non-hydrogen) atoms. The molecule has 0 radical (unpaired) electrons. The van der Waals surface area contributed by atoms with E-state index < -0.39 is 17.6 Å². The molecular formula is C6H9FO2. The number of rotatable bonds is 2. The average Bonchev–Trinajstić information content (AvgIpc) is 2.43. The molecule has 1 fully saturated rings. The maximum absolute atomic E-state index is 12.3. The lowest BCUT2D eigenvalue weighted by Gasteiger charge is -2.02. The van der Waals surface area contributed by atoms with E-state index in [1.54, 1.807) is 6.92 Å². The fourth-order valence-electron chi connectivity index (χ4n) is 0.999. The van der Waals surface area contributed by atoms with Gasteiger partial charge in [-0.3, -0.25) is 4.79 Å². The number of hydrogen-bond acceptors (Lipinski definition) is 1. The summed E-state index contributed by atoms with van der Waals surface area (Å²) >= 11 is 0. The van der Waals surface area contributed by atoms with E-state index in [0.29, 0.717) is 6.42 Å². The average molecular weight is 132 g/mol. The second-order valence-corrected chi connectivity index (χ2v) is 2.49. The number of alkyl halides is 1. The summed E-state index contributed by atoms with van der Waals surface area (Å²) in [6.45, 7) is 1.70. The van der Waals surface area contributed by atoms with Crippen molar-refractivity contribution in [2.75, 3.05) is 0 Å². The highest BCUT2D eigenvalue weighted by atomic mass is 19.1. The molecule has 1 aliphatic rings. The summed E-state index contributed by atoms with van der Waals surface area (Å²) in [5.74, 6) is -0.988. The monoisotopic (exact) mass is 132 g/mol. The zero-order valence-electron chi connectivity index (χ0n) is 5.22. The zero-order valence-corrected chi connectivity index (χ0v) is 5.22. The Kier molecular flexibility index (Phi) is 1.22. The molecule has 1 saturated carbocycles. The largest absolute Gasteiger partial charge is 0.481 e. The summed E-state index contributed by atoms with van der Waals surface area (Å²) in [7, 11) is 0. The number of halogens is 1. The Labute approximate surface area is 52.7 Å². The highest BCUT2D eigenvalue weighted by Crippen LogP contribution is 2.51. The summed E-state index contributed by atoms with van der Waals surface area (Å²) in [4.78, 5) is 10.3. The van der Waals surface area contributed by atoms with Crippen LogP contribution < -0.4 is 0 Å². The minimum atomic E-state index is -1.10. The van der Waals surface area contributed by atoms with Crippen LogP contribution >= 0.6 is 0 Å². The Morgan fingerprint density at radius 1 is 2.00 bits per heavy atom. The van der Waals surface area contributed by atoms with E-state index in [0.717, 1.165) is 0 Å². The molecule has 2 atom stereocenters. The predicted molar refractivity (Wildman–Crippen MR) is 29.9 cm³/mol. The van der Waals surface area contributed by atoms with Gasteiger partial charge in [-0.2, -0.15) is 0 Å². The summed E-state index contributed by atoms with van der Waals surface area (Å²) in [6, 6.07) is 0. The molecule has 1 aliphatic carbocycles. The van der Waals surface area contributed by atoms with Crippen LogP contribution in [0.15, 0.2) is 0 Å². The van der Waals surface area contributed by atoms with Gasteiger partial charge in [0.2, 0.25) is 0 Å². The van der Waals surface area contributed by atoms with Crippen LogP contribution in [0.3, 0.4) is 0 Å². The van der Waals surface area contributed by atoms with E-state index in [2.05, 4.69) is 0 Å². The molecule has 3 heteroatoms. The molecule has 1 N–H and O–H groups in total. The van der Waals surface area contributed by atoms with Crippen molar-refractivity contribution in [3.05, 3.63) is 0 Å². The first kappa shape index (κ1) is 6.52. The van der Waals surface area contributed by atoms with Gasteiger partial charge in [-0.05, 0) is 12.8 Å². The Morgan fingerprint density at radius 3 is 2.44 bits per heavy atom. The molecule has 0 aromatic heterocycles. The molecule has 0 aromatic carbocycles. The molecule has 1 rings (SSSR count). The molecular weight excluding hydrogens is 123 g/mol. The van der Waals surface area contributed by atoms with Crippen LogP contribution in [-0.4, -0.2) is 17.2 Å². The Hall–Kier alpha value is -0.600. The molecule has 0 heterocycles. The number of aliphatic carboxylic acids is 1. The van der Waals surface area contributed by atoms with Gasteiger partial charge < -0.3 is 5.11 Å². The van der Waals surface area contributed by atoms with Crippen LogP contribution in [0.2, 0.25) is 0 Å². The van der Waals surface area contributed by atoms with E-state index in [1.807, 2.05) is 0 Å². The van der Waals surface area contributed by atoms with Crippen molar-refractivity contribution in [2.45, 2.75) is 25.9 Å². The van der Waals surface area contributed by atoms with Gasteiger partial charge in [0.1, 0.15) is 11.6 Å². The number of carbonyl (C=O) groups is 1. The lowest BCUT2D eigenvalue weighted by atomic mass is 10.0. The lowest BCUT2D eigenvalue weighted by molar-refractivity contribution is -0.144. The Balaban J connectivity index is 2.62. The summed E-state index contributed by atoms with van der Waals surface area (Å²) in [5, 5.41) is 8.43. The van der Waals surface area contributed by atoms with Crippen LogP contribution in [0.4, 0.5) is 4.39 Å². The maximum Gasteiger partial charge on any atom is 0.312 e. The topological polar surface area (TPSA) is 37.3 Å². The van der Waals surface area contributed by atoms with Gasteiger partial charge in [-0.1, -0.05) is 6.92 Å². The molecule has 0 bridgehead atoms. The molecule has 0 unspecified atom stereocenters. The zero-order chi connectivity index (χ0) is 7.07. The molecule has 0 aromatic rings. The van der Waals surface area contributed by atoms with Crippen molar-refractivity contribution < 1.29 is 14.3 Å². The first-order chi connectivity index (χ1) is 4.13. The molecule has 0 spiro atoms. The summed E-state index contributed by atoms with van der Waals surface area (Å²) < 4.78 is 12.3. The molecule has 52 valence electrons. The van der Waals surface area contributed by atoms with Crippen molar-refractivity contribution in [2.24, 2.45) is 5.41 Å². The lowest BCUT2D eigenvalue weighted by Crippen LogP contribution is -2.16. The van der Waals surface area contributed by atoms with Gasteiger partial charge in [-0.15, -0.1) is 0 Å². The minimum absolute atomic E-state index is 0.207. The first-order valence-corrected chi connectivity index (χ1v) is 3.01. The minimum Gasteiger partial charge on any atom is -0.481 e. The number of carboxylic acids is 1. The maximum atomic E-state index is 12.3. The highest BCUT2D eigenvalue weighted by Gasteiger charge is 2.60. The van der Waals surface area contributed by atoms with Crippen LogP contribution in [-0.2, 0) is 4.79 Å². The van der Waals surface area contributed by atoms with Gasteiger partial charge >= 0.3 is 5.97 Å².